The first kappa shape index (κ1) is 13.5. The molecule has 2 aliphatic heterocycles. The maximum atomic E-state index is 3.70. The van der Waals surface area contributed by atoms with Crippen LogP contribution < -0.4 is 5.32 Å². The first-order valence-corrected chi connectivity index (χ1v) is 8.35. The second kappa shape index (κ2) is 5.86. The van der Waals surface area contributed by atoms with E-state index in [9.17, 15) is 0 Å². The van der Waals surface area contributed by atoms with Crippen molar-refractivity contribution in [2.45, 2.75) is 36.8 Å². The maximum absolute atomic E-state index is 3.70. The molecule has 0 radical (unpaired) electrons. The molecule has 0 aromatic heterocycles. The summed E-state index contributed by atoms with van der Waals surface area (Å²) in [7, 11) is 0. The van der Waals surface area contributed by atoms with Crippen LogP contribution in [0.1, 0.15) is 31.0 Å². The molecule has 3 rings (SSSR count). The predicted molar refractivity (Wildman–Crippen MR) is 83.8 cm³/mol. The third kappa shape index (κ3) is 3.15. The second-order valence-electron chi connectivity index (χ2n) is 5.93. The van der Waals surface area contributed by atoms with E-state index in [4.69, 9.17) is 0 Å². The summed E-state index contributed by atoms with van der Waals surface area (Å²) in [6.45, 7) is 9.46. The molecule has 0 saturated carbocycles. The highest BCUT2D eigenvalue weighted by atomic mass is 32.2. The Morgan fingerprint density at radius 3 is 2.74 bits per heavy atom. The largest absolute Gasteiger partial charge is 0.309 e. The monoisotopic (exact) mass is 276 g/mol. The van der Waals surface area contributed by atoms with E-state index in [1.54, 1.807) is 5.56 Å². The molecule has 2 nitrogen and oxygen atoms in total. The summed E-state index contributed by atoms with van der Waals surface area (Å²) in [5.41, 5.74) is 3.06. The van der Waals surface area contributed by atoms with E-state index >= 15 is 0 Å². The predicted octanol–water partition coefficient (Wildman–Crippen LogP) is 2.70. The Labute approximate surface area is 121 Å². The summed E-state index contributed by atoms with van der Waals surface area (Å²) < 4.78 is 0. The summed E-state index contributed by atoms with van der Waals surface area (Å²) in [4.78, 5) is 2.64. The average Bonchev–Trinajstić information content (AvgIpc) is 2.38. The number of benzene rings is 1. The number of nitrogens with zero attached hydrogens (tertiary/aromatic N) is 1. The molecule has 0 bridgehead atoms. The van der Waals surface area contributed by atoms with Gasteiger partial charge in [-0.05, 0) is 24.1 Å². The summed E-state index contributed by atoms with van der Waals surface area (Å²) >= 11 is 2.13. The van der Waals surface area contributed by atoms with Crippen LogP contribution in [0.25, 0.3) is 0 Å². The van der Waals surface area contributed by atoms with E-state index in [2.05, 4.69) is 60.1 Å². The minimum atomic E-state index is 0.521. The van der Waals surface area contributed by atoms with Crippen molar-refractivity contribution < 1.29 is 0 Å². The van der Waals surface area contributed by atoms with Crippen molar-refractivity contribution in [3.63, 3.8) is 0 Å². The fourth-order valence-electron chi connectivity index (χ4n) is 3.45. The Morgan fingerprint density at radius 1 is 1.21 bits per heavy atom. The van der Waals surface area contributed by atoms with Gasteiger partial charge in [0, 0.05) is 36.2 Å². The SMILES string of the molecule is CC1CN(CC2NCCc3ccccc32)CC(C)S1. The quantitative estimate of drug-likeness (QED) is 0.894. The molecule has 1 N–H and O–H groups in total. The third-order valence-electron chi connectivity index (χ3n) is 4.15. The highest BCUT2D eigenvalue weighted by Gasteiger charge is 2.26. The third-order valence-corrected chi connectivity index (χ3v) is 5.38. The molecule has 3 atom stereocenters. The number of rotatable bonds is 2. The van der Waals surface area contributed by atoms with Gasteiger partial charge in [-0.2, -0.15) is 11.8 Å². The van der Waals surface area contributed by atoms with Crippen molar-refractivity contribution in [2.75, 3.05) is 26.2 Å². The number of fused-ring (bicyclic) bond motifs is 1. The van der Waals surface area contributed by atoms with Gasteiger partial charge in [0.2, 0.25) is 0 Å². The fraction of sp³-hybridized carbons (Fsp3) is 0.625. The topological polar surface area (TPSA) is 15.3 Å². The Morgan fingerprint density at radius 2 is 1.95 bits per heavy atom. The highest BCUT2D eigenvalue weighted by Crippen LogP contribution is 2.28. The molecule has 1 aromatic carbocycles. The molecular weight excluding hydrogens is 252 g/mol. The fourth-order valence-corrected chi connectivity index (χ4v) is 4.83. The van der Waals surface area contributed by atoms with E-state index in [1.807, 2.05) is 0 Å². The van der Waals surface area contributed by atoms with Crippen molar-refractivity contribution in [2.24, 2.45) is 0 Å². The zero-order chi connectivity index (χ0) is 13.2. The zero-order valence-electron chi connectivity index (χ0n) is 11.9. The van der Waals surface area contributed by atoms with Crippen LogP contribution in [0.15, 0.2) is 24.3 Å². The van der Waals surface area contributed by atoms with Crippen LogP contribution >= 0.6 is 11.8 Å². The summed E-state index contributed by atoms with van der Waals surface area (Å²) in [6, 6.07) is 9.46. The molecule has 19 heavy (non-hydrogen) atoms. The van der Waals surface area contributed by atoms with E-state index < -0.39 is 0 Å². The van der Waals surface area contributed by atoms with Crippen molar-refractivity contribution in [3.05, 3.63) is 35.4 Å². The Hall–Kier alpha value is -0.510. The van der Waals surface area contributed by atoms with Gasteiger partial charge in [0.25, 0.3) is 0 Å². The van der Waals surface area contributed by atoms with Crippen molar-refractivity contribution in [1.82, 2.24) is 10.2 Å². The molecule has 2 aliphatic rings. The smallest absolute Gasteiger partial charge is 0.0452 e. The second-order valence-corrected chi connectivity index (χ2v) is 7.81. The lowest BCUT2D eigenvalue weighted by Crippen LogP contribution is -2.45. The molecule has 0 amide bonds. The molecule has 1 aromatic rings. The minimum Gasteiger partial charge on any atom is -0.309 e. The summed E-state index contributed by atoms with van der Waals surface area (Å²) in [5.74, 6) is 0. The molecule has 1 fully saturated rings. The standard InChI is InChI=1S/C16H24N2S/c1-12-9-18(10-13(2)19-12)11-16-15-6-4-3-5-14(15)7-8-17-16/h3-6,12-13,16-17H,7-11H2,1-2H3. The Kier molecular flexibility index (Phi) is 4.15. The average molecular weight is 276 g/mol. The van der Waals surface area contributed by atoms with Gasteiger partial charge in [0.15, 0.2) is 0 Å². The summed E-state index contributed by atoms with van der Waals surface area (Å²) in [5, 5.41) is 5.24. The molecule has 104 valence electrons. The maximum Gasteiger partial charge on any atom is 0.0452 e. The van der Waals surface area contributed by atoms with Crippen molar-refractivity contribution in [1.29, 1.82) is 0 Å². The van der Waals surface area contributed by atoms with Gasteiger partial charge in [-0.15, -0.1) is 0 Å². The first-order chi connectivity index (χ1) is 9.22. The Balaban J connectivity index is 1.70. The summed E-state index contributed by atoms with van der Waals surface area (Å²) in [6.07, 6.45) is 1.18. The van der Waals surface area contributed by atoms with Gasteiger partial charge in [0.05, 0.1) is 0 Å². The van der Waals surface area contributed by atoms with E-state index in [1.165, 1.54) is 25.1 Å². The highest BCUT2D eigenvalue weighted by molar-refractivity contribution is 8.00. The number of hydrogen-bond acceptors (Lipinski definition) is 3. The lowest BCUT2D eigenvalue weighted by atomic mass is 9.94. The van der Waals surface area contributed by atoms with Gasteiger partial charge >= 0.3 is 0 Å². The molecule has 3 heteroatoms. The van der Waals surface area contributed by atoms with E-state index in [0.29, 0.717) is 6.04 Å². The zero-order valence-corrected chi connectivity index (χ0v) is 12.7. The Bertz CT molecular complexity index is 425. The van der Waals surface area contributed by atoms with Gasteiger partial charge in [0.1, 0.15) is 0 Å². The molecule has 0 spiro atoms. The first-order valence-electron chi connectivity index (χ1n) is 7.41. The van der Waals surface area contributed by atoms with Crippen LogP contribution in [0, 0.1) is 0 Å². The molecule has 3 unspecified atom stereocenters. The van der Waals surface area contributed by atoms with Crippen LogP contribution in [0.3, 0.4) is 0 Å². The van der Waals surface area contributed by atoms with Crippen molar-refractivity contribution in [3.8, 4) is 0 Å². The van der Waals surface area contributed by atoms with Gasteiger partial charge in [-0.25, -0.2) is 0 Å². The molecule has 2 heterocycles. The van der Waals surface area contributed by atoms with Gasteiger partial charge in [-0.3, -0.25) is 4.90 Å². The number of nitrogens with one attached hydrogen (secondary N) is 1. The minimum absolute atomic E-state index is 0.521. The number of hydrogen-bond donors (Lipinski definition) is 1. The lowest BCUT2D eigenvalue weighted by molar-refractivity contribution is 0.237. The van der Waals surface area contributed by atoms with Gasteiger partial charge in [-0.1, -0.05) is 38.1 Å². The van der Waals surface area contributed by atoms with Crippen molar-refractivity contribution >= 4 is 11.8 Å². The van der Waals surface area contributed by atoms with E-state index in [0.717, 1.165) is 23.6 Å². The van der Waals surface area contributed by atoms with Crippen LogP contribution in [0.5, 0.6) is 0 Å². The van der Waals surface area contributed by atoms with E-state index in [-0.39, 0.29) is 0 Å². The lowest BCUT2D eigenvalue weighted by Gasteiger charge is -2.38. The van der Waals surface area contributed by atoms with Gasteiger partial charge < -0.3 is 5.32 Å². The molecule has 0 aliphatic carbocycles. The molecular formula is C16H24N2S. The molecule has 1 saturated heterocycles. The van der Waals surface area contributed by atoms with Crippen LogP contribution in [0.4, 0.5) is 0 Å². The van der Waals surface area contributed by atoms with Crippen LogP contribution in [-0.4, -0.2) is 41.6 Å². The normalized spacial score (nSPS) is 32.0. The van der Waals surface area contributed by atoms with Crippen LogP contribution in [0.2, 0.25) is 0 Å². The number of thioether (sulfide) groups is 1. The van der Waals surface area contributed by atoms with Crippen LogP contribution in [-0.2, 0) is 6.42 Å².